The summed E-state index contributed by atoms with van der Waals surface area (Å²) in [6.45, 7) is 8.19. The lowest BCUT2D eigenvalue weighted by Crippen LogP contribution is -2.44. The molecule has 0 unspecified atom stereocenters. The molecule has 7 heteroatoms. The number of hydrogen-bond donors (Lipinski definition) is 2. The van der Waals surface area contributed by atoms with Crippen LogP contribution in [0.15, 0.2) is 48.7 Å². The highest BCUT2D eigenvalue weighted by Gasteiger charge is 2.17. The van der Waals surface area contributed by atoms with Crippen molar-refractivity contribution >= 4 is 22.6 Å². The third-order valence-electron chi connectivity index (χ3n) is 6.79. The number of nitrogens with two attached hydrogens (primary N) is 1. The van der Waals surface area contributed by atoms with E-state index >= 15 is 0 Å². The number of likely N-dealkylation sites (N-methyl/N-ethyl adjacent to an activating group) is 1. The summed E-state index contributed by atoms with van der Waals surface area (Å²) in [5.74, 6) is -0.419. The van der Waals surface area contributed by atoms with Crippen LogP contribution in [0.4, 0.5) is 5.69 Å². The molecule has 1 fully saturated rings. The molecule has 1 saturated heterocycles. The van der Waals surface area contributed by atoms with Crippen LogP contribution in [0.2, 0.25) is 0 Å². The first kappa shape index (κ1) is 21.2. The van der Waals surface area contributed by atoms with E-state index in [1.54, 1.807) is 6.07 Å². The minimum Gasteiger partial charge on any atom is -0.369 e. The first-order valence-electron chi connectivity index (χ1n) is 11.2. The zero-order valence-corrected chi connectivity index (χ0v) is 19.2. The molecule has 0 aliphatic carbocycles. The van der Waals surface area contributed by atoms with E-state index in [0.29, 0.717) is 5.56 Å². The fourth-order valence-corrected chi connectivity index (χ4v) is 4.54. The monoisotopic (exact) mass is 440 g/mol. The summed E-state index contributed by atoms with van der Waals surface area (Å²) in [5.41, 5.74) is 13.9. The predicted molar refractivity (Wildman–Crippen MR) is 132 cm³/mol. The Hall–Kier alpha value is -3.71. The topological polar surface area (TPSA) is 91.1 Å². The van der Waals surface area contributed by atoms with Crippen molar-refractivity contribution in [2.75, 3.05) is 38.1 Å². The number of nitrogens with zero attached hydrogens (tertiary/aromatic N) is 4. The Morgan fingerprint density at radius 3 is 2.39 bits per heavy atom. The number of H-pyrrole nitrogens is 1. The van der Waals surface area contributed by atoms with Gasteiger partial charge in [0.15, 0.2) is 5.65 Å². The summed E-state index contributed by atoms with van der Waals surface area (Å²) in [4.78, 5) is 21.1. The van der Waals surface area contributed by atoms with Gasteiger partial charge in [-0.25, -0.2) is 4.98 Å². The van der Waals surface area contributed by atoms with Crippen LogP contribution < -0.4 is 10.6 Å². The van der Waals surface area contributed by atoms with E-state index in [2.05, 4.69) is 62.4 Å². The number of pyridine rings is 1. The van der Waals surface area contributed by atoms with Crippen molar-refractivity contribution in [2.45, 2.75) is 13.8 Å². The van der Waals surface area contributed by atoms with Gasteiger partial charge in [0.2, 0.25) is 5.91 Å². The molecule has 1 amide bonds. The second-order valence-corrected chi connectivity index (χ2v) is 8.80. The summed E-state index contributed by atoms with van der Waals surface area (Å²) < 4.78 is 0. The highest BCUT2D eigenvalue weighted by Crippen LogP contribution is 2.33. The maximum absolute atomic E-state index is 11.7. The number of anilines is 1. The lowest BCUT2D eigenvalue weighted by atomic mass is 9.94. The Morgan fingerprint density at radius 1 is 0.970 bits per heavy atom. The number of carbonyl (C=O) groups excluding carboxylic acids is 1. The van der Waals surface area contributed by atoms with Gasteiger partial charge < -0.3 is 15.5 Å². The molecule has 2 aromatic heterocycles. The minimum absolute atomic E-state index is 0.419. The van der Waals surface area contributed by atoms with Crippen LogP contribution in [-0.2, 0) is 0 Å². The second kappa shape index (κ2) is 8.33. The molecule has 0 saturated carbocycles. The zero-order chi connectivity index (χ0) is 23.1. The van der Waals surface area contributed by atoms with Crippen molar-refractivity contribution in [3.63, 3.8) is 0 Å². The normalized spacial score (nSPS) is 14.7. The number of piperazine rings is 1. The number of hydrogen-bond acceptors (Lipinski definition) is 5. The molecule has 4 aromatic rings. The number of nitrogens with one attached hydrogen (secondary N) is 1. The molecule has 5 rings (SSSR count). The molecule has 0 atom stereocenters. The quantitative estimate of drug-likeness (QED) is 0.504. The maximum Gasteiger partial charge on any atom is 0.248 e. The van der Waals surface area contributed by atoms with Crippen LogP contribution >= 0.6 is 0 Å². The molecule has 1 aliphatic heterocycles. The van der Waals surface area contributed by atoms with Crippen LogP contribution in [0.1, 0.15) is 21.5 Å². The first-order chi connectivity index (χ1) is 15.9. The van der Waals surface area contributed by atoms with Gasteiger partial charge >= 0.3 is 0 Å². The average Bonchev–Trinajstić information content (AvgIpc) is 3.24. The Kier molecular flexibility index (Phi) is 5.34. The number of carbonyl (C=O) groups is 1. The number of amides is 1. The smallest absolute Gasteiger partial charge is 0.248 e. The third kappa shape index (κ3) is 3.85. The van der Waals surface area contributed by atoms with Crippen LogP contribution in [0.25, 0.3) is 33.4 Å². The molecule has 0 bridgehead atoms. The number of aromatic nitrogens is 3. The summed E-state index contributed by atoms with van der Waals surface area (Å²) in [5, 5.41) is 8.53. The van der Waals surface area contributed by atoms with Crippen LogP contribution in [0.3, 0.4) is 0 Å². The SMILES string of the molecule is Cc1c(C(N)=O)ccc(-c2n[nH]c3ncc(-c4ccc(N5CCN(C)CC5)cc4)cc23)c1C. The minimum atomic E-state index is -0.419. The van der Waals surface area contributed by atoms with Gasteiger partial charge in [0.05, 0.1) is 0 Å². The Bertz CT molecular complexity index is 1330. The largest absolute Gasteiger partial charge is 0.369 e. The van der Waals surface area contributed by atoms with Crippen LogP contribution in [0, 0.1) is 13.8 Å². The summed E-state index contributed by atoms with van der Waals surface area (Å²) in [7, 11) is 2.17. The van der Waals surface area contributed by atoms with E-state index in [9.17, 15) is 4.79 Å². The fourth-order valence-electron chi connectivity index (χ4n) is 4.54. The fraction of sp³-hybridized carbons (Fsp3) is 0.269. The molecule has 0 radical (unpaired) electrons. The van der Waals surface area contributed by atoms with E-state index in [0.717, 1.165) is 70.7 Å². The number of primary amides is 1. The number of aromatic amines is 1. The van der Waals surface area contributed by atoms with E-state index in [1.165, 1.54) is 5.69 Å². The molecule has 1 aliphatic rings. The summed E-state index contributed by atoms with van der Waals surface area (Å²) >= 11 is 0. The van der Waals surface area contributed by atoms with Gasteiger partial charge in [0.25, 0.3) is 0 Å². The molecule has 0 spiro atoms. The second-order valence-electron chi connectivity index (χ2n) is 8.80. The van der Waals surface area contributed by atoms with Crippen molar-refractivity contribution < 1.29 is 4.79 Å². The molecule has 3 N–H and O–H groups in total. The lowest BCUT2D eigenvalue weighted by Gasteiger charge is -2.34. The predicted octanol–water partition coefficient (Wildman–Crippen LogP) is 3.76. The number of fused-ring (bicyclic) bond motifs is 1. The van der Waals surface area contributed by atoms with Gasteiger partial charge in [0.1, 0.15) is 5.69 Å². The zero-order valence-electron chi connectivity index (χ0n) is 19.2. The summed E-state index contributed by atoms with van der Waals surface area (Å²) in [6.07, 6.45) is 1.88. The maximum atomic E-state index is 11.7. The Labute approximate surface area is 193 Å². The van der Waals surface area contributed by atoms with Crippen molar-refractivity contribution in [2.24, 2.45) is 5.73 Å². The summed E-state index contributed by atoms with van der Waals surface area (Å²) in [6, 6.07) is 14.5. The van der Waals surface area contributed by atoms with Gasteiger partial charge in [-0.15, -0.1) is 0 Å². The molecule has 7 nitrogen and oxygen atoms in total. The molecular weight excluding hydrogens is 412 g/mol. The van der Waals surface area contributed by atoms with Gasteiger partial charge in [-0.1, -0.05) is 18.2 Å². The molecular formula is C26H28N6O. The van der Waals surface area contributed by atoms with E-state index in [1.807, 2.05) is 26.1 Å². The van der Waals surface area contributed by atoms with E-state index in [4.69, 9.17) is 5.73 Å². The van der Waals surface area contributed by atoms with Crippen molar-refractivity contribution in [1.29, 1.82) is 0 Å². The van der Waals surface area contributed by atoms with Gasteiger partial charge in [-0.05, 0) is 61.9 Å². The highest BCUT2D eigenvalue weighted by atomic mass is 16.1. The highest BCUT2D eigenvalue weighted by molar-refractivity contribution is 5.98. The van der Waals surface area contributed by atoms with E-state index in [-0.39, 0.29) is 0 Å². The standard InChI is InChI=1S/C26H28N6O/c1-16-17(2)22(25(27)33)9-8-21(16)24-23-14-19(15-28-26(23)30-29-24)18-4-6-20(7-5-18)32-12-10-31(3)11-13-32/h4-9,14-15H,10-13H2,1-3H3,(H2,27,33)(H,28,29,30). The van der Waals surface area contributed by atoms with Gasteiger partial charge in [-0.2, -0.15) is 5.10 Å². The molecule has 3 heterocycles. The van der Waals surface area contributed by atoms with E-state index < -0.39 is 5.91 Å². The van der Waals surface area contributed by atoms with Crippen LogP contribution in [-0.4, -0.2) is 59.2 Å². The van der Waals surface area contributed by atoms with Crippen molar-refractivity contribution in [3.05, 3.63) is 65.4 Å². The van der Waals surface area contributed by atoms with Gasteiger partial charge in [-0.3, -0.25) is 9.89 Å². The molecule has 168 valence electrons. The van der Waals surface area contributed by atoms with Crippen molar-refractivity contribution in [1.82, 2.24) is 20.1 Å². The number of rotatable bonds is 4. The Balaban J connectivity index is 1.49. The molecule has 33 heavy (non-hydrogen) atoms. The van der Waals surface area contributed by atoms with Crippen LogP contribution in [0.5, 0.6) is 0 Å². The average molecular weight is 441 g/mol. The van der Waals surface area contributed by atoms with Gasteiger partial charge in [0, 0.05) is 60.1 Å². The number of benzene rings is 2. The lowest BCUT2D eigenvalue weighted by molar-refractivity contribution is 0.0999. The Morgan fingerprint density at radius 2 is 1.70 bits per heavy atom. The first-order valence-corrected chi connectivity index (χ1v) is 11.2. The van der Waals surface area contributed by atoms with Crippen molar-refractivity contribution in [3.8, 4) is 22.4 Å². The molecule has 2 aromatic carbocycles. The third-order valence-corrected chi connectivity index (χ3v) is 6.79.